The summed E-state index contributed by atoms with van der Waals surface area (Å²) < 4.78 is 14.9. The molecule has 0 spiro atoms. The Morgan fingerprint density at radius 2 is 2.00 bits per heavy atom. The highest BCUT2D eigenvalue weighted by Gasteiger charge is 2.18. The van der Waals surface area contributed by atoms with Gasteiger partial charge in [-0.15, -0.1) is 0 Å². The molecule has 0 radical (unpaired) electrons. The van der Waals surface area contributed by atoms with Crippen LogP contribution in [0.5, 0.6) is 0 Å². The van der Waals surface area contributed by atoms with Crippen LogP contribution in [0.1, 0.15) is 16.1 Å². The molecule has 0 saturated heterocycles. The van der Waals surface area contributed by atoms with Gasteiger partial charge in [-0.25, -0.2) is 0 Å². The summed E-state index contributed by atoms with van der Waals surface area (Å²) in [6.07, 6.45) is 0. The minimum atomic E-state index is -0.280. The maximum absolute atomic E-state index is 12.5. The van der Waals surface area contributed by atoms with Crippen molar-refractivity contribution in [1.82, 2.24) is 8.75 Å². The summed E-state index contributed by atoms with van der Waals surface area (Å²) in [5, 5.41) is 3.78. The maximum atomic E-state index is 12.5. The maximum Gasteiger partial charge on any atom is 0.291 e. The van der Waals surface area contributed by atoms with Crippen LogP contribution in [0.15, 0.2) is 45.3 Å². The molecule has 0 unspecified atom stereocenters. The Bertz CT molecular complexity index is 1050. The predicted molar refractivity (Wildman–Crippen MR) is 94.0 cm³/mol. The SMILES string of the molecule is Cc1c(C(=O)Nc2ccc3nsnc3c2)oc2cc(Br)ccc12. The van der Waals surface area contributed by atoms with E-state index in [9.17, 15) is 4.79 Å². The van der Waals surface area contributed by atoms with Crippen LogP contribution >= 0.6 is 27.7 Å². The highest BCUT2D eigenvalue weighted by molar-refractivity contribution is 9.10. The van der Waals surface area contributed by atoms with Gasteiger partial charge in [-0.2, -0.15) is 8.75 Å². The van der Waals surface area contributed by atoms with Crippen LogP contribution < -0.4 is 5.32 Å². The third kappa shape index (κ3) is 2.51. The van der Waals surface area contributed by atoms with Crippen molar-refractivity contribution >= 4 is 61.3 Å². The van der Waals surface area contributed by atoms with E-state index < -0.39 is 0 Å². The van der Waals surface area contributed by atoms with Crippen molar-refractivity contribution < 1.29 is 9.21 Å². The number of fused-ring (bicyclic) bond motifs is 2. The van der Waals surface area contributed by atoms with Gasteiger partial charge in [-0.05, 0) is 43.3 Å². The topological polar surface area (TPSA) is 68.0 Å². The minimum Gasteiger partial charge on any atom is -0.451 e. The van der Waals surface area contributed by atoms with Gasteiger partial charge in [0.05, 0.1) is 11.7 Å². The lowest BCUT2D eigenvalue weighted by Gasteiger charge is -2.03. The lowest BCUT2D eigenvalue weighted by atomic mass is 10.1. The Balaban J connectivity index is 1.69. The van der Waals surface area contributed by atoms with Gasteiger partial charge in [0.25, 0.3) is 5.91 Å². The van der Waals surface area contributed by atoms with Gasteiger partial charge >= 0.3 is 0 Å². The van der Waals surface area contributed by atoms with Gasteiger partial charge in [-0.3, -0.25) is 4.79 Å². The zero-order valence-electron chi connectivity index (χ0n) is 12.0. The Kier molecular flexibility index (Phi) is 3.39. The number of hydrogen-bond acceptors (Lipinski definition) is 5. The Labute approximate surface area is 143 Å². The van der Waals surface area contributed by atoms with Crippen LogP contribution in [-0.4, -0.2) is 14.7 Å². The summed E-state index contributed by atoms with van der Waals surface area (Å²) >= 11 is 4.55. The first kappa shape index (κ1) is 14.3. The largest absolute Gasteiger partial charge is 0.451 e. The van der Waals surface area contributed by atoms with Gasteiger partial charge in [-0.1, -0.05) is 15.9 Å². The van der Waals surface area contributed by atoms with Crippen molar-refractivity contribution in [3.63, 3.8) is 0 Å². The monoisotopic (exact) mass is 387 g/mol. The Morgan fingerprint density at radius 1 is 1.17 bits per heavy atom. The molecule has 0 aliphatic heterocycles. The minimum absolute atomic E-state index is 0.280. The number of nitrogens with zero attached hydrogens (tertiary/aromatic N) is 2. The van der Waals surface area contributed by atoms with Crippen molar-refractivity contribution in [2.75, 3.05) is 5.32 Å². The second-order valence-electron chi connectivity index (χ2n) is 5.12. The van der Waals surface area contributed by atoms with Crippen molar-refractivity contribution in [3.05, 3.63) is 52.2 Å². The first-order chi connectivity index (χ1) is 11.1. The molecule has 2 aromatic heterocycles. The van der Waals surface area contributed by atoms with Crippen LogP contribution in [0.4, 0.5) is 5.69 Å². The number of rotatable bonds is 2. The second-order valence-corrected chi connectivity index (χ2v) is 6.56. The zero-order chi connectivity index (χ0) is 16.0. The number of nitrogens with one attached hydrogen (secondary N) is 1. The first-order valence-corrected chi connectivity index (χ1v) is 8.36. The number of benzene rings is 2. The fourth-order valence-electron chi connectivity index (χ4n) is 2.46. The molecule has 4 aromatic rings. The van der Waals surface area contributed by atoms with Crippen LogP contribution in [0, 0.1) is 6.92 Å². The molecule has 114 valence electrons. The summed E-state index contributed by atoms with van der Waals surface area (Å²) in [6.45, 7) is 1.88. The lowest BCUT2D eigenvalue weighted by molar-refractivity contribution is 0.0998. The molecule has 2 heterocycles. The molecule has 0 aliphatic carbocycles. The van der Waals surface area contributed by atoms with Crippen LogP contribution in [0.3, 0.4) is 0 Å². The third-order valence-corrected chi connectivity index (χ3v) is 4.67. The number of carbonyl (C=O) groups is 1. The zero-order valence-corrected chi connectivity index (χ0v) is 14.4. The molecule has 23 heavy (non-hydrogen) atoms. The molecule has 0 bridgehead atoms. The van der Waals surface area contributed by atoms with Crippen molar-refractivity contribution in [1.29, 1.82) is 0 Å². The van der Waals surface area contributed by atoms with Gasteiger partial charge in [0.15, 0.2) is 5.76 Å². The van der Waals surface area contributed by atoms with E-state index in [0.29, 0.717) is 17.0 Å². The van der Waals surface area contributed by atoms with E-state index >= 15 is 0 Å². The van der Waals surface area contributed by atoms with Gasteiger partial charge in [0.1, 0.15) is 16.6 Å². The third-order valence-electron chi connectivity index (χ3n) is 3.62. The van der Waals surface area contributed by atoms with Crippen LogP contribution in [0.2, 0.25) is 0 Å². The number of anilines is 1. The molecule has 1 N–H and O–H groups in total. The number of furan rings is 1. The second kappa shape index (κ2) is 5.43. The molecule has 1 amide bonds. The summed E-state index contributed by atoms with van der Waals surface area (Å²) in [7, 11) is 0. The van der Waals surface area contributed by atoms with E-state index in [1.54, 1.807) is 12.1 Å². The summed E-state index contributed by atoms with van der Waals surface area (Å²) in [4.78, 5) is 12.5. The van der Waals surface area contributed by atoms with E-state index in [0.717, 1.165) is 38.2 Å². The van der Waals surface area contributed by atoms with Crippen molar-refractivity contribution in [2.24, 2.45) is 0 Å². The van der Waals surface area contributed by atoms with Crippen LogP contribution in [-0.2, 0) is 0 Å². The summed E-state index contributed by atoms with van der Waals surface area (Å²) in [6, 6.07) is 11.1. The van der Waals surface area contributed by atoms with E-state index in [1.165, 1.54) is 0 Å². The van der Waals surface area contributed by atoms with Gasteiger partial charge < -0.3 is 9.73 Å². The van der Waals surface area contributed by atoms with Gasteiger partial charge in [0.2, 0.25) is 0 Å². The molecule has 0 aliphatic rings. The fraction of sp³-hybridized carbons (Fsp3) is 0.0625. The predicted octanol–water partition coefficient (Wildman–Crippen LogP) is 4.76. The molecule has 2 aromatic carbocycles. The van der Waals surface area contributed by atoms with E-state index in [4.69, 9.17) is 4.42 Å². The number of aryl methyl sites for hydroxylation is 1. The molecule has 4 rings (SSSR count). The molecule has 0 atom stereocenters. The highest BCUT2D eigenvalue weighted by atomic mass is 79.9. The smallest absolute Gasteiger partial charge is 0.291 e. The van der Waals surface area contributed by atoms with Gasteiger partial charge in [0, 0.05) is 21.1 Å². The highest BCUT2D eigenvalue weighted by Crippen LogP contribution is 2.28. The molecule has 7 heteroatoms. The number of halogens is 1. The van der Waals surface area contributed by atoms with Crippen LogP contribution in [0.25, 0.3) is 22.0 Å². The Hall–Kier alpha value is -2.25. The molecular weight excluding hydrogens is 378 g/mol. The first-order valence-electron chi connectivity index (χ1n) is 6.84. The molecule has 0 fully saturated rings. The standard InChI is InChI=1S/C16H10BrN3O2S/c1-8-11-4-2-9(17)6-14(11)22-15(8)16(21)18-10-3-5-12-13(7-10)20-23-19-12/h2-7H,1H3,(H,18,21). The number of carbonyl (C=O) groups excluding carboxylic acids is 1. The van der Waals surface area contributed by atoms with Crippen molar-refractivity contribution in [3.8, 4) is 0 Å². The van der Waals surface area contributed by atoms with Crippen molar-refractivity contribution in [2.45, 2.75) is 6.92 Å². The molecular formula is C16H10BrN3O2S. The average molecular weight is 388 g/mol. The summed E-state index contributed by atoms with van der Waals surface area (Å²) in [5.41, 5.74) is 3.75. The normalized spacial score (nSPS) is 11.2. The molecule has 0 saturated carbocycles. The van der Waals surface area contributed by atoms with E-state index in [1.807, 2.05) is 31.2 Å². The molecule has 5 nitrogen and oxygen atoms in total. The average Bonchev–Trinajstić information content (AvgIpc) is 3.11. The number of hydrogen-bond donors (Lipinski definition) is 1. The van der Waals surface area contributed by atoms with E-state index in [-0.39, 0.29) is 5.91 Å². The quantitative estimate of drug-likeness (QED) is 0.538. The lowest BCUT2D eigenvalue weighted by Crippen LogP contribution is -2.12. The van der Waals surface area contributed by atoms with E-state index in [2.05, 4.69) is 30.0 Å². The Morgan fingerprint density at radius 3 is 2.87 bits per heavy atom. The fourth-order valence-corrected chi connectivity index (χ4v) is 3.32. The summed E-state index contributed by atoms with van der Waals surface area (Å²) in [5.74, 6) is 0.0342. The number of aromatic nitrogens is 2. The number of amides is 1.